The molecule has 1 aromatic carbocycles. The van der Waals surface area contributed by atoms with Gasteiger partial charge in [-0.05, 0) is 78.1 Å². The molecule has 0 bridgehead atoms. The van der Waals surface area contributed by atoms with Gasteiger partial charge in [-0.25, -0.2) is 9.78 Å². The molecule has 0 radical (unpaired) electrons. The number of pyridine rings is 1. The van der Waals surface area contributed by atoms with Crippen molar-refractivity contribution in [1.29, 1.82) is 0 Å². The first kappa shape index (κ1) is 17.2. The highest BCUT2D eigenvalue weighted by Crippen LogP contribution is 2.44. The van der Waals surface area contributed by atoms with E-state index < -0.39 is 5.97 Å². The number of hydrogen-bond donors (Lipinski definition) is 2. The summed E-state index contributed by atoms with van der Waals surface area (Å²) in [5, 5.41) is 14.7. The number of carboxylic acid groups (broad SMARTS) is 1. The van der Waals surface area contributed by atoms with Crippen LogP contribution >= 0.6 is 11.3 Å². The third-order valence-electron chi connectivity index (χ3n) is 5.50. The summed E-state index contributed by atoms with van der Waals surface area (Å²) < 4.78 is 0. The summed E-state index contributed by atoms with van der Waals surface area (Å²) >= 11 is 1.67. The minimum absolute atomic E-state index is 0.0848. The van der Waals surface area contributed by atoms with E-state index in [2.05, 4.69) is 45.9 Å². The van der Waals surface area contributed by atoms with Crippen LogP contribution in [0.1, 0.15) is 51.6 Å². The number of H-pyrrole nitrogens is 1. The van der Waals surface area contributed by atoms with Gasteiger partial charge in [0.05, 0.1) is 5.69 Å². The standard InChI is InChI=1S/C23H20N2O2S/c1-13-9-18-19(10-16-3-2-4-20(24-16)23(26)27)22(15-7-8-28-12-15)25-21(18)11-17(13)14-5-6-14/h2-4,7-9,11-12,14,25H,5-6,10H2,1H3,(H,26,27). The van der Waals surface area contributed by atoms with Gasteiger partial charge in [0.15, 0.2) is 0 Å². The smallest absolute Gasteiger partial charge is 0.354 e. The number of aromatic amines is 1. The lowest BCUT2D eigenvalue weighted by atomic mass is 9.97. The van der Waals surface area contributed by atoms with Crippen LogP contribution in [0, 0.1) is 6.92 Å². The molecule has 0 saturated heterocycles. The largest absolute Gasteiger partial charge is 0.477 e. The van der Waals surface area contributed by atoms with Crippen molar-refractivity contribution in [1.82, 2.24) is 9.97 Å². The van der Waals surface area contributed by atoms with Crippen LogP contribution in [0.15, 0.2) is 47.2 Å². The number of benzene rings is 1. The molecule has 0 amide bonds. The minimum Gasteiger partial charge on any atom is -0.477 e. The van der Waals surface area contributed by atoms with Gasteiger partial charge >= 0.3 is 5.97 Å². The van der Waals surface area contributed by atoms with E-state index in [9.17, 15) is 9.90 Å². The first-order valence-corrected chi connectivity index (χ1v) is 10.4. The highest BCUT2D eigenvalue weighted by molar-refractivity contribution is 7.08. The van der Waals surface area contributed by atoms with Gasteiger partial charge in [0.1, 0.15) is 5.69 Å². The van der Waals surface area contributed by atoms with Crippen molar-refractivity contribution in [2.45, 2.75) is 32.1 Å². The molecule has 0 unspecified atom stereocenters. The van der Waals surface area contributed by atoms with Gasteiger partial charge in [-0.3, -0.25) is 0 Å². The van der Waals surface area contributed by atoms with Gasteiger partial charge in [-0.15, -0.1) is 0 Å². The number of aromatic nitrogens is 2. The molecule has 28 heavy (non-hydrogen) atoms. The van der Waals surface area contributed by atoms with E-state index in [-0.39, 0.29) is 5.69 Å². The van der Waals surface area contributed by atoms with Crippen LogP contribution < -0.4 is 0 Å². The fourth-order valence-electron chi connectivity index (χ4n) is 3.97. The van der Waals surface area contributed by atoms with E-state index >= 15 is 0 Å². The summed E-state index contributed by atoms with van der Waals surface area (Å²) in [5.41, 5.74) is 8.22. The van der Waals surface area contributed by atoms with E-state index in [0.29, 0.717) is 12.3 Å². The number of thiophene rings is 1. The van der Waals surface area contributed by atoms with Crippen LogP contribution in [0.5, 0.6) is 0 Å². The highest BCUT2D eigenvalue weighted by atomic mass is 32.1. The molecule has 4 aromatic rings. The Balaban J connectivity index is 1.67. The van der Waals surface area contributed by atoms with Crippen molar-refractivity contribution < 1.29 is 9.90 Å². The van der Waals surface area contributed by atoms with Gasteiger partial charge in [0, 0.05) is 34.0 Å². The molecular weight excluding hydrogens is 368 g/mol. The van der Waals surface area contributed by atoms with Crippen molar-refractivity contribution >= 4 is 28.2 Å². The summed E-state index contributed by atoms with van der Waals surface area (Å²) in [4.78, 5) is 19.3. The lowest BCUT2D eigenvalue weighted by molar-refractivity contribution is 0.0690. The number of hydrogen-bond acceptors (Lipinski definition) is 3. The maximum absolute atomic E-state index is 11.3. The Hall–Kier alpha value is -2.92. The second-order valence-electron chi connectivity index (χ2n) is 7.52. The predicted molar refractivity (Wildman–Crippen MR) is 112 cm³/mol. The van der Waals surface area contributed by atoms with Gasteiger partial charge in [-0.2, -0.15) is 11.3 Å². The molecule has 140 valence electrons. The zero-order chi connectivity index (χ0) is 19.3. The average Bonchev–Trinajstić information content (AvgIpc) is 3.27. The monoisotopic (exact) mass is 388 g/mol. The zero-order valence-corrected chi connectivity index (χ0v) is 16.3. The number of rotatable bonds is 5. The van der Waals surface area contributed by atoms with Gasteiger partial charge in [0.25, 0.3) is 0 Å². The zero-order valence-electron chi connectivity index (χ0n) is 15.5. The quantitative estimate of drug-likeness (QED) is 0.456. The molecule has 1 saturated carbocycles. The van der Waals surface area contributed by atoms with Crippen LogP contribution in [0.3, 0.4) is 0 Å². The third-order valence-corrected chi connectivity index (χ3v) is 6.19. The van der Waals surface area contributed by atoms with Gasteiger partial charge in [-0.1, -0.05) is 6.07 Å². The van der Waals surface area contributed by atoms with Gasteiger partial charge < -0.3 is 10.1 Å². The lowest BCUT2D eigenvalue weighted by Gasteiger charge is -2.07. The van der Waals surface area contributed by atoms with Gasteiger partial charge in [0.2, 0.25) is 0 Å². The molecule has 0 atom stereocenters. The SMILES string of the molecule is Cc1cc2c(Cc3cccc(C(=O)O)n3)c(-c3ccsc3)[nH]c2cc1C1CC1. The molecule has 3 heterocycles. The predicted octanol–water partition coefficient (Wildman–Crippen LogP) is 5.77. The normalized spacial score (nSPS) is 13.9. The highest BCUT2D eigenvalue weighted by Gasteiger charge is 2.26. The Morgan fingerprint density at radius 1 is 1.29 bits per heavy atom. The number of aromatic carboxylic acids is 1. The average molecular weight is 388 g/mol. The topological polar surface area (TPSA) is 66.0 Å². The fourth-order valence-corrected chi connectivity index (χ4v) is 4.62. The number of nitrogens with zero attached hydrogens (tertiary/aromatic N) is 1. The number of carbonyl (C=O) groups is 1. The van der Waals surface area contributed by atoms with E-state index in [1.54, 1.807) is 17.4 Å². The third kappa shape index (κ3) is 3.02. The Morgan fingerprint density at radius 2 is 2.14 bits per heavy atom. The first-order chi connectivity index (χ1) is 13.6. The molecule has 1 aliphatic rings. The second-order valence-corrected chi connectivity index (χ2v) is 8.30. The summed E-state index contributed by atoms with van der Waals surface area (Å²) in [6.07, 6.45) is 3.15. The number of fused-ring (bicyclic) bond motifs is 1. The fraction of sp³-hybridized carbons (Fsp3) is 0.217. The number of aryl methyl sites for hydroxylation is 1. The molecule has 1 fully saturated rings. The lowest BCUT2D eigenvalue weighted by Crippen LogP contribution is -2.03. The van der Waals surface area contributed by atoms with Crippen LogP contribution in [-0.4, -0.2) is 21.0 Å². The van der Waals surface area contributed by atoms with E-state index in [0.717, 1.165) is 22.5 Å². The molecule has 0 aliphatic heterocycles. The van der Waals surface area contributed by atoms with Crippen molar-refractivity contribution in [3.63, 3.8) is 0 Å². The maximum Gasteiger partial charge on any atom is 0.354 e. The molecule has 0 spiro atoms. The molecule has 5 rings (SSSR count). The number of carboxylic acids is 1. The summed E-state index contributed by atoms with van der Waals surface area (Å²) in [5.74, 6) is -0.293. The molecule has 2 N–H and O–H groups in total. The molecule has 4 nitrogen and oxygen atoms in total. The van der Waals surface area contributed by atoms with Crippen molar-refractivity contribution in [2.75, 3.05) is 0 Å². The summed E-state index contributed by atoms with van der Waals surface area (Å²) in [6.45, 7) is 2.19. The molecule has 1 aliphatic carbocycles. The van der Waals surface area contributed by atoms with Crippen LogP contribution in [-0.2, 0) is 6.42 Å². The van der Waals surface area contributed by atoms with Crippen LogP contribution in [0.2, 0.25) is 0 Å². The van der Waals surface area contributed by atoms with Crippen LogP contribution in [0.25, 0.3) is 22.2 Å². The van der Waals surface area contributed by atoms with Crippen molar-refractivity contribution in [3.8, 4) is 11.3 Å². The minimum atomic E-state index is -0.997. The van der Waals surface area contributed by atoms with E-state index in [1.165, 1.54) is 41.0 Å². The van der Waals surface area contributed by atoms with Crippen molar-refractivity contribution in [2.24, 2.45) is 0 Å². The molecular formula is C23H20N2O2S. The first-order valence-electron chi connectivity index (χ1n) is 9.47. The number of nitrogens with one attached hydrogen (secondary N) is 1. The summed E-state index contributed by atoms with van der Waals surface area (Å²) in [7, 11) is 0. The van der Waals surface area contributed by atoms with E-state index in [4.69, 9.17) is 0 Å². The maximum atomic E-state index is 11.3. The Bertz CT molecular complexity index is 1190. The molecule has 5 heteroatoms. The van der Waals surface area contributed by atoms with Crippen molar-refractivity contribution in [3.05, 3.63) is 75.2 Å². The Kier molecular flexibility index (Phi) is 4.05. The summed E-state index contributed by atoms with van der Waals surface area (Å²) in [6, 6.07) is 11.9. The van der Waals surface area contributed by atoms with E-state index in [1.807, 2.05) is 6.07 Å². The Morgan fingerprint density at radius 3 is 2.86 bits per heavy atom. The van der Waals surface area contributed by atoms with Crippen LogP contribution in [0.4, 0.5) is 0 Å². The molecule has 3 aromatic heterocycles. The Labute approximate surface area is 166 Å². The second kappa shape index (κ2) is 6.60.